The second kappa shape index (κ2) is 3.37. The van der Waals surface area contributed by atoms with E-state index in [1.807, 2.05) is 0 Å². The van der Waals surface area contributed by atoms with Gasteiger partial charge in [-0.3, -0.25) is 0 Å². The summed E-state index contributed by atoms with van der Waals surface area (Å²) in [5.74, 6) is -2.39. The lowest BCUT2D eigenvalue weighted by Gasteiger charge is -2.27. The third-order valence-corrected chi connectivity index (χ3v) is 2.03. The van der Waals surface area contributed by atoms with Gasteiger partial charge in [0.25, 0.3) is 10.2 Å². The van der Waals surface area contributed by atoms with Crippen molar-refractivity contribution in [3.63, 3.8) is 0 Å². The average molecular weight is 236 g/mol. The highest BCUT2D eigenvalue weighted by Gasteiger charge is 2.59. The first-order chi connectivity index (χ1) is 5.90. The van der Waals surface area contributed by atoms with Crippen LogP contribution < -0.4 is 9.86 Å². The van der Waals surface area contributed by atoms with E-state index < -0.39 is 27.9 Å². The van der Waals surface area contributed by atoms with E-state index in [1.54, 1.807) is 0 Å². The second-order valence-corrected chi connectivity index (χ2v) is 3.87. The molecule has 4 N–H and O–H groups in total. The minimum Gasteiger partial charge on any atom is -0.480 e. The van der Waals surface area contributed by atoms with Gasteiger partial charge in [-0.2, -0.15) is 26.3 Å². The first-order valence-corrected chi connectivity index (χ1v) is 4.56. The molecule has 84 valence electrons. The van der Waals surface area contributed by atoms with E-state index in [9.17, 15) is 26.4 Å². The number of hydrogen-bond acceptors (Lipinski definition) is 3. The molecular formula is C4H7F3N2O4S. The Labute approximate surface area is 77.1 Å². The van der Waals surface area contributed by atoms with Gasteiger partial charge in [0.2, 0.25) is 5.54 Å². The van der Waals surface area contributed by atoms with Gasteiger partial charge in [-0.15, -0.1) is 0 Å². The van der Waals surface area contributed by atoms with Crippen LogP contribution in [-0.4, -0.2) is 31.2 Å². The molecule has 0 bridgehead atoms. The van der Waals surface area contributed by atoms with E-state index in [0.29, 0.717) is 0 Å². The fourth-order valence-corrected chi connectivity index (χ4v) is 1.28. The Kier molecular flexibility index (Phi) is 3.16. The summed E-state index contributed by atoms with van der Waals surface area (Å²) in [7, 11) is -4.76. The maximum atomic E-state index is 12.1. The van der Waals surface area contributed by atoms with Crippen molar-refractivity contribution in [2.75, 3.05) is 0 Å². The molecular weight excluding hydrogens is 229 g/mol. The van der Waals surface area contributed by atoms with Gasteiger partial charge in [-0.1, -0.05) is 0 Å². The molecule has 0 spiro atoms. The first kappa shape index (κ1) is 13.1. The SMILES string of the molecule is CC(NS(N)(=O)=O)(C(=O)O)C(F)(F)F. The van der Waals surface area contributed by atoms with Gasteiger partial charge in [-0.25, -0.2) is 9.93 Å². The molecule has 0 aromatic rings. The Bertz CT molecular complexity index is 337. The number of carbonyl (C=O) groups is 1. The normalized spacial score (nSPS) is 17.5. The zero-order chi connectivity index (χ0) is 11.8. The molecule has 1 unspecified atom stereocenters. The summed E-state index contributed by atoms with van der Waals surface area (Å²) in [4.78, 5) is 10.2. The van der Waals surface area contributed by atoms with Gasteiger partial charge in [0, 0.05) is 0 Å². The molecule has 6 nitrogen and oxygen atoms in total. The van der Waals surface area contributed by atoms with E-state index in [0.717, 1.165) is 4.72 Å². The molecule has 0 rings (SSSR count). The molecule has 1 atom stereocenters. The van der Waals surface area contributed by atoms with Crippen LogP contribution in [0.4, 0.5) is 13.2 Å². The molecule has 0 aliphatic heterocycles. The van der Waals surface area contributed by atoms with Crippen molar-refractivity contribution < 1.29 is 31.5 Å². The van der Waals surface area contributed by atoms with Crippen LogP contribution in [0.15, 0.2) is 0 Å². The van der Waals surface area contributed by atoms with E-state index in [2.05, 4.69) is 5.14 Å². The molecule has 0 radical (unpaired) electrons. The molecule has 14 heavy (non-hydrogen) atoms. The Morgan fingerprint density at radius 3 is 1.86 bits per heavy atom. The largest absolute Gasteiger partial charge is 0.480 e. The van der Waals surface area contributed by atoms with Gasteiger partial charge >= 0.3 is 12.1 Å². The fraction of sp³-hybridized carbons (Fsp3) is 0.750. The molecule has 0 aromatic heterocycles. The third kappa shape index (κ3) is 2.82. The Hall–Kier alpha value is -0.870. The minimum absolute atomic E-state index is 0.153. The maximum Gasteiger partial charge on any atom is 0.418 e. The van der Waals surface area contributed by atoms with Gasteiger partial charge in [-0.05, 0) is 6.92 Å². The number of rotatable bonds is 3. The summed E-state index contributed by atoms with van der Waals surface area (Å²) < 4.78 is 57.8. The first-order valence-electron chi connectivity index (χ1n) is 3.02. The highest BCUT2D eigenvalue weighted by atomic mass is 32.2. The number of aliphatic carboxylic acids is 1. The molecule has 0 aromatic carbocycles. The molecule has 0 heterocycles. The fourth-order valence-electron chi connectivity index (χ4n) is 0.507. The summed E-state index contributed by atoms with van der Waals surface area (Å²) in [5, 5.41) is 12.5. The predicted octanol–water partition coefficient (Wildman–Crippen LogP) is -0.815. The summed E-state index contributed by atoms with van der Waals surface area (Å²) in [5.41, 5.74) is -3.62. The Morgan fingerprint density at radius 1 is 1.43 bits per heavy atom. The second-order valence-electron chi connectivity index (χ2n) is 2.57. The number of carboxylic acid groups (broad SMARTS) is 1. The average Bonchev–Trinajstić information content (AvgIpc) is 1.79. The van der Waals surface area contributed by atoms with Gasteiger partial charge in [0.1, 0.15) is 0 Å². The van der Waals surface area contributed by atoms with Crippen molar-refractivity contribution in [3.05, 3.63) is 0 Å². The van der Waals surface area contributed by atoms with Crippen LogP contribution in [0, 0.1) is 0 Å². The number of halogens is 3. The minimum atomic E-state index is -5.29. The third-order valence-electron chi connectivity index (χ3n) is 1.34. The molecule has 0 saturated carbocycles. The van der Waals surface area contributed by atoms with Crippen LogP contribution in [0.25, 0.3) is 0 Å². The standard InChI is InChI=1S/C4H7F3N2O4S/c1-3(2(10)11,4(5,6)7)9-14(8,12)13/h9H,1H3,(H,10,11)(H2,8,12,13). The van der Waals surface area contributed by atoms with E-state index >= 15 is 0 Å². The number of nitrogens with two attached hydrogens (primary N) is 1. The topological polar surface area (TPSA) is 109 Å². The van der Waals surface area contributed by atoms with Crippen LogP contribution >= 0.6 is 0 Å². The van der Waals surface area contributed by atoms with Crippen molar-refractivity contribution in [1.82, 2.24) is 4.72 Å². The van der Waals surface area contributed by atoms with E-state index in [-0.39, 0.29) is 6.92 Å². The summed E-state index contributed by atoms with van der Waals surface area (Å²) in [6.45, 7) is 0.153. The quantitative estimate of drug-likeness (QED) is 0.595. The van der Waals surface area contributed by atoms with Crippen molar-refractivity contribution in [2.45, 2.75) is 18.6 Å². The zero-order valence-electron chi connectivity index (χ0n) is 6.79. The summed E-state index contributed by atoms with van der Waals surface area (Å²) in [6.07, 6.45) is -5.29. The van der Waals surface area contributed by atoms with Crippen LogP contribution in [0.2, 0.25) is 0 Å². The van der Waals surface area contributed by atoms with Crippen LogP contribution in [0.3, 0.4) is 0 Å². The zero-order valence-corrected chi connectivity index (χ0v) is 7.61. The number of alkyl halides is 3. The Morgan fingerprint density at radius 2 is 1.79 bits per heavy atom. The number of hydrogen-bond donors (Lipinski definition) is 3. The van der Waals surface area contributed by atoms with Crippen molar-refractivity contribution in [3.8, 4) is 0 Å². The highest BCUT2D eigenvalue weighted by Crippen LogP contribution is 2.30. The smallest absolute Gasteiger partial charge is 0.418 e. The number of carboxylic acids is 1. The van der Waals surface area contributed by atoms with Crippen molar-refractivity contribution >= 4 is 16.2 Å². The Balaban J connectivity index is 5.25. The molecule has 0 fully saturated rings. The molecule has 0 amide bonds. The number of nitrogens with one attached hydrogen (secondary N) is 1. The monoisotopic (exact) mass is 236 g/mol. The molecule has 10 heteroatoms. The molecule has 0 aliphatic rings. The summed E-state index contributed by atoms with van der Waals surface area (Å²) >= 11 is 0. The van der Waals surface area contributed by atoms with Crippen LogP contribution in [-0.2, 0) is 15.0 Å². The molecule has 0 aliphatic carbocycles. The van der Waals surface area contributed by atoms with E-state index in [4.69, 9.17) is 5.11 Å². The van der Waals surface area contributed by atoms with Crippen LogP contribution in [0.5, 0.6) is 0 Å². The van der Waals surface area contributed by atoms with Crippen molar-refractivity contribution in [2.24, 2.45) is 5.14 Å². The predicted molar refractivity (Wildman–Crippen MR) is 38.3 cm³/mol. The highest BCUT2D eigenvalue weighted by molar-refractivity contribution is 7.87. The lowest BCUT2D eigenvalue weighted by atomic mass is 10.0. The molecule has 0 saturated heterocycles. The van der Waals surface area contributed by atoms with Crippen LogP contribution in [0.1, 0.15) is 6.92 Å². The van der Waals surface area contributed by atoms with E-state index in [1.165, 1.54) is 0 Å². The lowest BCUT2D eigenvalue weighted by molar-refractivity contribution is -0.201. The lowest BCUT2D eigenvalue weighted by Crippen LogP contribution is -2.63. The van der Waals surface area contributed by atoms with Crippen molar-refractivity contribution in [1.29, 1.82) is 0 Å². The van der Waals surface area contributed by atoms with Gasteiger partial charge in [0.15, 0.2) is 0 Å². The summed E-state index contributed by atoms with van der Waals surface area (Å²) in [6, 6.07) is 0. The van der Waals surface area contributed by atoms with Gasteiger partial charge < -0.3 is 5.11 Å². The van der Waals surface area contributed by atoms with Gasteiger partial charge in [0.05, 0.1) is 0 Å². The maximum absolute atomic E-state index is 12.1.